The van der Waals surface area contributed by atoms with Crippen molar-refractivity contribution in [1.82, 2.24) is 14.9 Å². The van der Waals surface area contributed by atoms with Crippen molar-refractivity contribution < 1.29 is 9.18 Å². The van der Waals surface area contributed by atoms with E-state index >= 15 is 0 Å². The number of nitrogen functional groups attached to an aromatic ring is 1. The molecule has 7 heteroatoms. The fourth-order valence-electron chi connectivity index (χ4n) is 3.31. The summed E-state index contributed by atoms with van der Waals surface area (Å²) < 4.78 is 14.6. The molecule has 3 rings (SSSR count). The molecule has 1 saturated heterocycles. The highest BCUT2D eigenvalue weighted by Gasteiger charge is 2.33. The van der Waals surface area contributed by atoms with Gasteiger partial charge in [0.05, 0.1) is 17.5 Å². The van der Waals surface area contributed by atoms with Crippen LogP contribution in [0, 0.1) is 17.1 Å². The van der Waals surface area contributed by atoms with Crippen LogP contribution < -0.4 is 5.73 Å². The Morgan fingerprint density at radius 3 is 2.77 bits per heavy atom. The normalized spacial score (nSPS) is 17.2. The standard InChI is InChI=1S/C19H20FN5O/c1-19(2,11-21)13-6-5-12(10-14(13)20)15-4-3-9-25(15)18(26)16-17(22)24-8-7-23-16/h5-8,10,15H,3-4,9H2,1-2H3,(H2,22,24)/t15-/m1/s1. The summed E-state index contributed by atoms with van der Waals surface area (Å²) in [4.78, 5) is 22.4. The first-order chi connectivity index (χ1) is 12.3. The van der Waals surface area contributed by atoms with Gasteiger partial charge in [0.2, 0.25) is 0 Å². The zero-order valence-corrected chi connectivity index (χ0v) is 14.7. The maximum absolute atomic E-state index is 14.6. The predicted molar refractivity (Wildman–Crippen MR) is 94.5 cm³/mol. The van der Waals surface area contributed by atoms with E-state index in [1.54, 1.807) is 30.9 Å². The molecule has 1 aliphatic heterocycles. The van der Waals surface area contributed by atoms with Crippen molar-refractivity contribution in [2.75, 3.05) is 12.3 Å². The van der Waals surface area contributed by atoms with E-state index in [2.05, 4.69) is 16.0 Å². The first kappa shape index (κ1) is 17.8. The van der Waals surface area contributed by atoms with Gasteiger partial charge < -0.3 is 10.6 Å². The Labute approximate surface area is 151 Å². The number of amides is 1. The fourth-order valence-corrected chi connectivity index (χ4v) is 3.31. The van der Waals surface area contributed by atoms with Crippen molar-refractivity contribution in [3.05, 3.63) is 53.2 Å². The van der Waals surface area contributed by atoms with Gasteiger partial charge in [0.15, 0.2) is 11.5 Å². The Balaban J connectivity index is 1.92. The lowest BCUT2D eigenvalue weighted by molar-refractivity contribution is 0.0730. The number of halogens is 1. The fraction of sp³-hybridized carbons (Fsp3) is 0.368. The molecule has 1 amide bonds. The maximum Gasteiger partial charge on any atom is 0.276 e. The Morgan fingerprint density at radius 2 is 2.12 bits per heavy atom. The summed E-state index contributed by atoms with van der Waals surface area (Å²) in [6.45, 7) is 3.90. The molecule has 6 nitrogen and oxygen atoms in total. The van der Waals surface area contributed by atoms with Crippen LogP contribution in [0.15, 0.2) is 30.6 Å². The number of likely N-dealkylation sites (tertiary alicyclic amines) is 1. The van der Waals surface area contributed by atoms with Gasteiger partial charge in [-0.2, -0.15) is 5.26 Å². The van der Waals surface area contributed by atoms with Crippen molar-refractivity contribution >= 4 is 11.7 Å². The molecule has 0 saturated carbocycles. The summed E-state index contributed by atoms with van der Waals surface area (Å²) in [5.74, 6) is -0.659. The van der Waals surface area contributed by atoms with Crippen molar-refractivity contribution in [2.45, 2.75) is 38.1 Å². The molecule has 134 valence electrons. The highest BCUT2D eigenvalue weighted by Crippen LogP contribution is 2.35. The molecule has 0 radical (unpaired) electrons. The lowest BCUT2D eigenvalue weighted by Crippen LogP contribution is -2.32. The molecular formula is C19H20FN5O. The lowest BCUT2D eigenvalue weighted by Gasteiger charge is -2.26. The molecule has 1 atom stereocenters. The van der Waals surface area contributed by atoms with Crippen LogP contribution in [-0.2, 0) is 5.41 Å². The van der Waals surface area contributed by atoms with Crippen LogP contribution in [0.25, 0.3) is 0 Å². The number of nitriles is 1. The molecule has 2 aromatic rings. The van der Waals surface area contributed by atoms with Crippen LogP contribution in [0.3, 0.4) is 0 Å². The highest BCUT2D eigenvalue weighted by molar-refractivity contribution is 5.96. The first-order valence-corrected chi connectivity index (χ1v) is 8.44. The van der Waals surface area contributed by atoms with E-state index in [1.165, 1.54) is 18.5 Å². The number of aromatic nitrogens is 2. The average molecular weight is 353 g/mol. The smallest absolute Gasteiger partial charge is 0.276 e. The van der Waals surface area contributed by atoms with E-state index in [0.717, 1.165) is 12.8 Å². The maximum atomic E-state index is 14.6. The largest absolute Gasteiger partial charge is 0.382 e. The van der Waals surface area contributed by atoms with Crippen LogP contribution >= 0.6 is 0 Å². The molecule has 0 spiro atoms. The summed E-state index contributed by atoms with van der Waals surface area (Å²) in [6, 6.07) is 6.69. The van der Waals surface area contributed by atoms with Crippen LogP contribution in [-0.4, -0.2) is 27.3 Å². The van der Waals surface area contributed by atoms with Crippen LogP contribution in [0.2, 0.25) is 0 Å². The SMILES string of the molecule is CC(C)(C#N)c1ccc([C@H]2CCCN2C(=O)c2nccnc2N)cc1F. The Bertz CT molecular complexity index is 890. The molecule has 1 aromatic carbocycles. The van der Waals surface area contributed by atoms with E-state index < -0.39 is 11.2 Å². The minimum atomic E-state index is -0.915. The first-order valence-electron chi connectivity index (χ1n) is 8.44. The summed E-state index contributed by atoms with van der Waals surface area (Å²) in [7, 11) is 0. The summed E-state index contributed by atoms with van der Waals surface area (Å²) in [5.41, 5.74) is 6.01. The number of carbonyl (C=O) groups is 1. The number of anilines is 1. The van der Waals surface area contributed by atoms with E-state index in [0.29, 0.717) is 17.7 Å². The van der Waals surface area contributed by atoms with E-state index in [4.69, 9.17) is 5.73 Å². The molecule has 1 aromatic heterocycles. The van der Waals surface area contributed by atoms with Gasteiger partial charge in [-0.05, 0) is 38.3 Å². The zero-order chi connectivity index (χ0) is 18.9. The number of rotatable bonds is 3. The topological polar surface area (TPSA) is 95.9 Å². The van der Waals surface area contributed by atoms with E-state index in [9.17, 15) is 14.4 Å². The zero-order valence-electron chi connectivity index (χ0n) is 14.7. The van der Waals surface area contributed by atoms with Gasteiger partial charge in [-0.25, -0.2) is 14.4 Å². The van der Waals surface area contributed by atoms with Crippen LogP contribution in [0.4, 0.5) is 10.2 Å². The Hall–Kier alpha value is -3.01. The third-order valence-corrected chi connectivity index (χ3v) is 4.77. The number of hydrogen-bond donors (Lipinski definition) is 1. The molecular weight excluding hydrogens is 333 g/mol. The van der Waals surface area contributed by atoms with Crippen LogP contribution in [0.5, 0.6) is 0 Å². The van der Waals surface area contributed by atoms with Crippen molar-refractivity contribution in [3.8, 4) is 6.07 Å². The second-order valence-electron chi connectivity index (χ2n) is 6.92. The van der Waals surface area contributed by atoms with Gasteiger partial charge in [-0.1, -0.05) is 12.1 Å². The number of benzene rings is 1. The molecule has 0 bridgehead atoms. The minimum Gasteiger partial charge on any atom is -0.382 e. The van der Waals surface area contributed by atoms with Gasteiger partial charge in [-0.3, -0.25) is 4.79 Å². The molecule has 1 fully saturated rings. The number of nitrogens with zero attached hydrogens (tertiary/aromatic N) is 4. The van der Waals surface area contributed by atoms with Gasteiger partial charge >= 0.3 is 0 Å². The monoisotopic (exact) mass is 353 g/mol. The van der Waals surface area contributed by atoms with Crippen molar-refractivity contribution in [2.24, 2.45) is 0 Å². The average Bonchev–Trinajstić information content (AvgIpc) is 3.11. The molecule has 1 aliphatic rings. The third kappa shape index (κ3) is 3.10. The predicted octanol–water partition coefficient (Wildman–Crippen LogP) is 2.98. The van der Waals surface area contributed by atoms with Crippen molar-refractivity contribution in [3.63, 3.8) is 0 Å². The van der Waals surface area contributed by atoms with Gasteiger partial charge in [0, 0.05) is 24.5 Å². The number of nitrogens with two attached hydrogens (primary N) is 1. The van der Waals surface area contributed by atoms with Crippen molar-refractivity contribution in [1.29, 1.82) is 5.26 Å². The lowest BCUT2D eigenvalue weighted by atomic mass is 9.85. The number of hydrogen-bond acceptors (Lipinski definition) is 5. The highest BCUT2D eigenvalue weighted by atomic mass is 19.1. The van der Waals surface area contributed by atoms with E-state index in [1.807, 2.05) is 0 Å². The van der Waals surface area contributed by atoms with Gasteiger partial charge in [0.1, 0.15) is 5.82 Å². The molecule has 2 N–H and O–H groups in total. The Morgan fingerprint density at radius 1 is 1.38 bits per heavy atom. The van der Waals surface area contributed by atoms with E-state index in [-0.39, 0.29) is 23.5 Å². The molecule has 0 unspecified atom stereocenters. The second kappa shape index (κ2) is 6.71. The molecule has 26 heavy (non-hydrogen) atoms. The second-order valence-corrected chi connectivity index (χ2v) is 6.92. The van der Waals surface area contributed by atoms with Crippen LogP contribution in [0.1, 0.15) is 54.3 Å². The summed E-state index contributed by atoms with van der Waals surface area (Å²) in [5, 5.41) is 9.23. The number of carbonyl (C=O) groups excluding carboxylic acids is 1. The molecule has 2 heterocycles. The summed E-state index contributed by atoms with van der Waals surface area (Å²) >= 11 is 0. The van der Waals surface area contributed by atoms with Gasteiger partial charge in [-0.15, -0.1) is 0 Å². The Kier molecular flexibility index (Phi) is 4.60. The minimum absolute atomic E-state index is 0.0837. The van der Waals surface area contributed by atoms with Gasteiger partial charge in [0.25, 0.3) is 5.91 Å². The quantitative estimate of drug-likeness (QED) is 0.915. The summed E-state index contributed by atoms with van der Waals surface area (Å²) in [6.07, 6.45) is 4.39. The third-order valence-electron chi connectivity index (χ3n) is 4.77. The molecule has 0 aliphatic carbocycles.